The summed E-state index contributed by atoms with van der Waals surface area (Å²) in [5.41, 5.74) is 2.53. The first-order chi connectivity index (χ1) is 8.38. The van der Waals surface area contributed by atoms with Crippen LogP contribution in [0.2, 0.25) is 0 Å². The predicted molar refractivity (Wildman–Crippen MR) is 65.3 cm³/mol. The fourth-order valence-electron chi connectivity index (χ4n) is 2.27. The van der Waals surface area contributed by atoms with Crippen LogP contribution < -0.4 is 5.32 Å². The molecule has 17 heavy (non-hydrogen) atoms. The number of nitrogens with one attached hydrogen (secondary N) is 1. The molecule has 1 N–H and O–H groups in total. The van der Waals surface area contributed by atoms with Gasteiger partial charge in [-0.25, -0.2) is 9.97 Å². The van der Waals surface area contributed by atoms with Gasteiger partial charge in [0.15, 0.2) is 0 Å². The maximum absolute atomic E-state index is 4.47. The van der Waals surface area contributed by atoms with E-state index in [4.69, 9.17) is 0 Å². The van der Waals surface area contributed by atoms with Gasteiger partial charge in [-0.15, -0.1) is 0 Å². The summed E-state index contributed by atoms with van der Waals surface area (Å²) in [6.07, 6.45) is 8.31. The number of hydrogen-bond acceptors (Lipinski definition) is 4. The van der Waals surface area contributed by atoms with Crippen molar-refractivity contribution in [1.29, 1.82) is 0 Å². The minimum absolute atomic E-state index is 0.640. The highest BCUT2D eigenvalue weighted by atomic mass is 15.2. The van der Waals surface area contributed by atoms with Crippen LogP contribution >= 0.6 is 0 Å². The highest BCUT2D eigenvalue weighted by Gasteiger charge is 2.16. The number of fused-ring (bicyclic) bond motifs is 1. The number of rotatable bonds is 2. The Kier molecular flexibility index (Phi) is 2.51. The van der Waals surface area contributed by atoms with E-state index in [9.17, 15) is 0 Å². The average molecular weight is 229 g/mol. The van der Waals surface area contributed by atoms with Crippen molar-refractivity contribution in [2.75, 3.05) is 12.4 Å². The van der Waals surface area contributed by atoms with E-state index in [2.05, 4.69) is 24.8 Å². The van der Waals surface area contributed by atoms with Gasteiger partial charge in [-0.1, -0.05) is 0 Å². The van der Waals surface area contributed by atoms with Crippen molar-refractivity contribution in [2.24, 2.45) is 0 Å². The van der Waals surface area contributed by atoms with E-state index in [0.29, 0.717) is 5.95 Å². The standard InChI is InChI=1S/C12H15N5/c1-13-12-14-7-6-11(16-12)17-8-15-9-4-2-3-5-10(9)17/h6-8H,2-5H2,1H3,(H,13,14,16). The molecule has 0 bridgehead atoms. The molecule has 2 aromatic rings. The van der Waals surface area contributed by atoms with Crippen LogP contribution in [0.5, 0.6) is 0 Å². The van der Waals surface area contributed by atoms with Gasteiger partial charge in [-0.05, 0) is 31.7 Å². The fourth-order valence-corrected chi connectivity index (χ4v) is 2.27. The van der Waals surface area contributed by atoms with Crippen LogP contribution in [0.4, 0.5) is 5.95 Å². The summed E-state index contributed by atoms with van der Waals surface area (Å²) >= 11 is 0. The molecule has 1 aliphatic carbocycles. The van der Waals surface area contributed by atoms with Crippen molar-refractivity contribution in [1.82, 2.24) is 19.5 Å². The molecule has 0 atom stereocenters. The molecule has 0 amide bonds. The highest BCUT2D eigenvalue weighted by Crippen LogP contribution is 2.22. The van der Waals surface area contributed by atoms with Gasteiger partial charge in [0, 0.05) is 18.9 Å². The zero-order chi connectivity index (χ0) is 11.7. The van der Waals surface area contributed by atoms with Gasteiger partial charge in [0.05, 0.1) is 5.69 Å². The zero-order valence-corrected chi connectivity index (χ0v) is 9.85. The Hall–Kier alpha value is -1.91. The molecular weight excluding hydrogens is 214 g/mol. The van der Waals surface area contributed by atoms with E-state index in [-0.39, 0.29) is 0 Å². The lowest BCUT2D eigenvalue weighted by atomic mass is 10.0. The van der Waals surface area contributed by atoms with Crippen LogP contribution in [0, 0.1) is 0 Å². The van der Waals surface area contributed by atoms with Gasteiger partial charge < -0.3 is 5.32 Å². The third-order valence-electron chi connectivity index (χ3n) is 3.14. The van der Waals surface area contributed by atoms with Crippen LogP contribution in [0.25, 0.3) is 5.82 Å². The zero-order valence-electron chi connectivity index (χ0n) is 9.85. The first kappa shape index (κ1) is 10.3. The average Bonchev–Trinajstić information content (AvgIpc) is 2.82. The first-order valence-corrected chi connectivity index (χ1v) is 5.95. The number of hydrogen-bond donors (Lipinski definition) is 1. The van der Waals surface area contributed by atoms with Crippen LogP contribution in [0.15, 0.2) is 18.6 Å². The second-order valence-corrected chi connectivity index (χ2v) is 4.20. The van der Waals surface area contributed by atoms with Crippen molar-refractivity contribution < 1.29 is 0 Å². The van der Waals surface area contributed by atoms with E-state index in [1.165, 1.54) is 24.2 Å². The van der Waals surface area contributed by atoms with Crippen molar-refractivity contribution in [2.45, 2.75) is 25.7 Å². The summed E-state index contributed by atoms with van der Waals surface area (Å²) in [4.78, 5) is 13.0. The van der Waals surface area contributed by atoms with E-state index < -0.39 is 0 Å². The number of imidazole rings is 1. The topological polar surface area (TPSA) is 55.6 Å². The number of aromatic nitrogens is 4. The first-order valence-electron chi connectivity index (χ1n) is 5.95. The molecule has 2 aromatic heterocycles. The summed E-state index contributed by atoms with van der Waals surface area (Å²) in [5.74, 6) is 1.53. The van der Waals surface area contributed by atoms with Crippen LogP contribution in [0.3, 0.4) is 0 Å². The lowest BCUT2D eigenvalue weighted by Gasteiger charge is -2.13. The highest BCUT2D eigenvalue weighted by molar-refractivity contribution is 5.34. The summed E-state index contributed by atoms with van der Waals surface area (Å²) in [5, 5.41) is 2.95. The van der Waals surface area contributed by atoms with Gasteiger partial charge in [-0.3, -0.25) is 4.57 Å². The van der Waals surface area contributed by atoms with Gasteiger partial charge >= 0.3 is 0 Å². The quantitative estimate of drug-likeness (QED) is 0.849. The Labute approximate surface area is 99.9 Å². The summed E-state index contributed by atoms with van der Waals surface area (Å²) in [6.45, 7) is 0. The molecule has 0 unspecified atom stereocenters. The molecule has 2 heterocycles. The monoisotopic (exact) mass is 229 g/mol. The Balaban J connectivity index is 2.05. The smallest absolute Gasteiger partial charge is 0.224 e. The molecule has 3 rings (SSSR count). The van der Waals surface area contributed by atoms with Gasteiger partial charge in [0.25, 0.3) is 0 Å². The van der Waals surface area contributed by atoms with Crippen molar-refractivity contribution in [3.05, 3.63) is 30.0 Å². The predicted octanol–water partition coefficient (Wildman–Crippen LogP) is 1.58. The molecular formula is C12H15N5. The van der Waals surface area contributed by atoms with Crippen molar-refractivity contribution in [3.63, 3.8) is 0 Å². The third kappa shape index (κ3) is 1.77. The van der Waals surface area contributed by atoms with Gasteiger partial charge in [0.1, 0.15) is 12.1 Å². The molecule has 0 saturated carbocycles. The van der Waals surface area contributed by atoms with Gasteiger partial charge in [-0.2, -0.15) is 4.98 Å². The lowest BCUT2D eigenvalue weighted by molar-refractivity contribution is 0.654. The Morgan fingerprint density at radius 2 is 2.12 bits per heavy atom. The number of anilines is 1. The third-order valence-corrected chi connectivity index (χ3v) is 3.14. The molecule has 1 aliphatic rings. The largest absolute Gasteiger partial charge is 0.357 e. The number of nitrogens with zero attached hydrogens (tertiary/aromatic N) is 4. The molecule has 0 fully saturated rings. The minimum atomic E-state index is 0.640. The Morgan fingerprint density at radius 3 is 3.00 bits per heavy atom. The summed E-state index contributed by atoms with van der Waals surface area (Å²) in [7, 11) is 1.82. The van der Waals surface area contributed by atoms with E-state index in [0.717, 1.165) is 18.7 Å². The van der Waals surface area contributed by atoms with Gasteiger partial charge in [0.2, 0.25) is 5.95 Å². The molecule has 0 aromatic carbocycles. The van der Waals surface area contributed by atoms with Crippen molar-refractivity contribution >= 4 is 5.95 Å². The van der Waals surface area contributed by atoms with Crippen LogP contribution in [0.1, 0.15) is 24.2 Å². The van der Waals surface area contributed by atoms with E-state index >= 15 is 0 Å². The normalized spacial score (nSPS) is 14.4. The molecule has 0 spiro atoms. The Morgan fingerprint density at radius 1 is 1.24 bits per heavy atom. The van der Waals surface area contributed by atoms with E-state index in [1.807, 2.05) is 19.4 Å². The van der Waals surface area contributed by atoms with Crippen molar-refractivity contribution in [3.8, 4) is 5.82 Å². The number of aryl methyl sites for hydroxylation is 1. The molecule has 0 radical (unpaired) electrons. The molecule has 88 valence electrons. The molecule has 5 nitrogen and oxygen atoms in total. The SMILES string of the molecule is CNc1nccc(-n2cnc3c2CCCC3)n1. The maximum atomic E-state index is 4.47. The summed E-state index contributed by atoms with van der Waals surface area (Å²) < 4.78 is 2.08. The Bertz CT molecular complexity index is 531. The maximum Gasteiger partial charge on any atom is 0.224 e. The van der Waals surface area contributed by atoms with Crippen LogP contribution in [-0.4, -0.2) is 26.6 Å². The minimum Gasteiger partial charge on any atom is -0.357 e. The second-order valence-electron chi connectivity index (χ2n) is 4.20. The lowest BCUT2D eigenvalue weighted by Crippen LogP contribution is -2.09. The second kappa shape index (κ2) is 4.16. The van der Waals surface area contributed by atoms with Crippen LogP contribution in [-0.2, 0) is 12.8 Å². The molecule has 0 aliphatic heterocycles. The fraction of sp³-hybridized carbons (Fsp3) is 0.417. The molecule has 5 heteroatoms. The van der Waals surface area contributed by atoms with E-state index in [1.54, 1.807) is 6.20 Å². The molecule has 0 saturated heterocycles. The summed E-state index contributed by atoms with van der Waals surface area (Å²) in [6, 6.07) is 1.91.